The molecule has 1 N–H and O–H groups in total. The molecule has 0 amide bonds. The monoisotopic (exact) mass is 292 g/mol. The number of hydrogen-bond donors (Lipinski definition) is 1. The van der Waals surface area contributed by atoms with Crippen molar-refractivity contribution < 1.29 is 0 Å². The van der Waals surface area contributed by atoms with E-state index in [0.29, 0.717) is 0 Å². The van der Waals surface area contributed by atoms with Crippen molar-refractivity contribution in [2.45, 2.75) is 6.54 Å². The number of nitrogens with one attached hydrogen (secondary N) is 1. The third kappa shape index (κ3) is 3.96. The van der Waals surface area contributed by atoms with Crippen molar-refractivity contribution in [3.8, 4) is 0 Å². The van der Waals surface area contributed by atoms with Crippen LogP contribution in [-0.2, 0) is 6.54 Å². The molecule has 1 heterocycles. The van der Waals surface area contributed by atoms with Crippen molar-refractivity contribution in [1.82, 2.24) is 10.3 Å². The average Bonchev–Trinajstić information content (AvgIpc) is 2.45. The molecule has 1 aromatic carbocycles. The van der Waals surface area contributed by atoms with Crippen LogP contribution < -0.4 is 5.32 Å². The fraction of sp³-hybridized carbons (Fsp3) is 0.267. The van der Waals surface area contributed by atoms with Crippen LogP contribution in [0, 0.1) is 0 Å². The lowest BCUT2D eigenvalue weighted by Gasteiger charge is -2.08. The van der Waals surface area contributed by atoms with Gasteiger partial charge in [0.2, 0.25) is 0 Å². The van der Waals surface area contributed by atoms with E-state index in [1.54, 1.807) is 0 Å². The number of thioether (sulfide) groups is 1. The number of halogens is 1. The molecule has 0 spiro atoms. The van der Waals surface area contributed by atoms with Crippen LogP contribution in [0.1, 0.15) is 5.56 Å². The van der Waals surface area contributed by atoms with Gasteiger partial charge in [0.1, 0.15) is 0 Å². The first kappa shape index (κ1) is 14.4. The SMILES string of the molecule is C=CCSCCNCc1ccc(Cl)c2cccnc12. The van der Waals surface area contributed by atoms with Gasteiger partial charge in [-0.2, -0.15) is 11.8 Å². The molecule has 0 bridgehead atoms. The van der Waals surface area contributed by atoms with E-state index in [-0.39, 0.29) is 0 Å². The lowest BCUT2D eigenvalue weighted by molar-refractivity contribution is 0.735. The summed E-state index contributed by atoms with van der Waals surface area (Å²) >= 11 is 8.05. The third-order valence-corrected chi connectivity index (χ3v) is 4.07. The average molecular weight is 293 g/mol. The van der Waals surface area contributed by atoms with E-state index in [1.165, 1.54) is 5.56 Å². The lowest BCUT2D eigenvalue weighted by atomic mass is 10.1. The molecule has 0 fully saturated rings. The quantitative estimate of drug-likeness (QED) is 0.619. The molecule has 4 heteroatoms. The van der Waals surface area contributed by atoms with E-state index in [4.69, 9.17) is 11.6 Å². The molecule has 0 saturated carbocycles. The van der Waals surface area contributed by atoms with Crippen molar-refractivity contribution in [1.29, 1.82) is 0 Å². The number of rotatable bonds is 7. The number of hydrogen-bond acceptors (Lipinski definition) is 3. The van der Waals surface area contributed by atoms with Gasteiger partial charge in [-0.1, -0.05) is 23.7 Å². The Labute approximate surface area is 123 Å². The fourth-order valence-corrected chi connectivity index (χ4v) is 2.71. The van der Waals surface area contributed by atoms with Crippen molar-refractivity contribution in [3.05, 3.63) is 53.7 Å². The molecule has 1 aromatic heterocycles. The van der Waals surface area contributed by atoms with E-state index in [2.05, 4.69) is 16.9 Å². The summed E-state index contributed by atoms with van der Waals surface area (Å²) < 4.78 is 0. The Morgan fingerprint density at radius 2 is 2.26 bits per heavy atom. The Bertz CT molecular complexity index is 557. The molecule has 2 aromatic rings. The molecule has 19 heavy (non-hydrogen) atoms. The molecule has 0 aliphatic rings. The van der Waals surface area contributed by atoms with Gasteiger partial charge in [0.15, 0.2) is 0 Å². The van der Waals surface area contributed by atoms with Crippen molar-refractivity contribution in [2.75, 3.05) is 18.1 Å². The fourth-order valence-electron chi connectivity index (χ4n) is 1.87. The Kier molecular flexibility index (Phi) is 5.70. The first-order valence-corrected chi connectivity index (χ1v) is 7.77. The van der Waals surface area contributed by atoms with E-state index in [9.17, 15) is 0 Å². The maximum atomic E-state index is 6.17. The second kappa shape index (κ2) is 7.53. The van der Waals surface area contributed by atoms with E-state index in [1.807, 2.05) is 48.3 Å². The lowest BCUT2D eigenvalue weighted by Crippen LogP contribution is -2.17. The second-order valence-electron chi connectivity index (χ2n) is 4.15. The third-order valence-electron chi connectivity index (χ3n) is 2.77. The van der Waals surface area contributed by atoms with Crippen LogP contribution in [0.2, 0.25) is 5.02 Å². The predicted octanol–water partition coefficient (Wildman–Crippen LogP) is 3.90. The highest BCUT2D eigenvalue weighted by Gasteiger charge is 2.04. The first-order chi connectivity index (χ1) is 9.33. The first-order valence-electron chi connectivity index (χ1n) is 6.24. The molecule has 0 atom stereocenters. The Balaban J connectivity index is 1.97. The van der Waals surface area contributed by atoms with Crippen LogP contribution in [0.15, 0.2) is 43.1 Å². The predicted molar refractivity (Wildman–Crippen MR) is 86.0 cm³/mol. The largest absolute Gasteiger partial charge is 0.312 e. The highest BCUT2D eigenvalue weighted by Crippen LogP contribution is 2.24. The van der Waals surface area contributed by atoms with Gasteiger partial charge in [-0.3, -0.25) is 4.98 Å². The number of benzene rings is 1. The van der Waals surface area contributed by atoms with Gasteiger partial charge >= 0.3 is 0 Å². The van der Waals surface area contributed by atoms with E-state index >= 15 is 0 Å². The summed E-state index contributed by atoms with van der Waals surface area (Å²) in [4.78, 5) is 4.43. The molecule has 0 aliphatic carbocycles. The minimum atomic E-state index is 0.758. The smallest absolute Gasteiger partial charge is 0.0761 e. The zero-order valence-corrected chi connectivity index (χ0v) is 12.3. The van der Waals surface area contributed by atoms with Crippen LogP contribution >= 0.6 is 23.4 Å². The zero-order chi connectivity index (χ0) is 13.5. The molecule has 0 saturated heterocycles. The Morgan fingerprint density at radius 1 is 1.37 bits per heavy atom. The summed E-state index contributed by atoms with van der Waals surface area (Å²) in [5.74, 6) is 2.10. The molecule has 0 radical (unpaired) electrons. The van der Waals surface area contributed by atoms with Gasteiger partial charge < -0.3 is 5.32 Å². The molecular weight excluding hydrogens is 276 g/mol. The topological polar surface area (TPSA) is 24.9 Å². The summed E-state index contributed by atoms with van der Waals surface area (Å²) in [6.07, 6.45) is 3.74. The van der Waals surface area contributed by atoms with Crippen molar-refractivity contribution in [2.24, 2.45) is 0 Å². The molecule has 2 nitrogen and oxygen atoms in total. The Morgan fingerprint density at radius 3 is 3.11 bits per heavy atom. The zero-order valence-electron chi connectivity index (χ0n) is 10.7. The molecule has 100 valence electrons. The normalized spacial score (nSPS) is 10.8. The second-order valence-corrected chi connectivity index (χ2v) is 5.70. The molecule has 2 rings (SSSR count). The van der Waals surface area contributed by atoms with Crippen molar-refractivity contribution in [3.63, 3.8) is 0 Å². The molecular formula is C15H17ClN2S. The summed E-state index contributed by atoms with van der Waals surface area (Å²) in [6.45, 7) is 5.51. The maximum absolute atomic E-state index is 6.17. The standard InChI is InChI=1S/C15H17ClN2S/c1-2-9-19-10-8-17-11-12-5-6-14(16)13-4-3-7-18-15(12)13/h2-7,17H,1,8-11H2. The summed E-state index contributed by atoms with van der Waals surface area (Å²) in [5.41, 5.74) is 2.18. The highest BCUT2D eigenvalue weighted by atomic mass is 35.5. The maximum Gasteiger partial charge on any atom is 0.0761 e. The number of pyridine rings is 1. The molecule has 0 aliphatic heterocycles. The van der Waals surface area contributed by atoms with Crippen LogP contribution in [0.4, 0.5) is 0 Å². The molecule has 0 unspecified atom stereocenters. The summed E-state index contributed by atoms with van der Waals surface area (Å²) in [6, 6.07) is 7.90. The summed E-state index contributed by atoms with van der Waals surface area (Å²) in [7, 11) is 0. The van der Waals surface area contributed by atoms with E-state index in [0.717, 1.165) is 40.5 Å². The summed E-state index contributed by atoms with van der Waals surface area (Å²) in [5, 5.41) is 5.21. The van der Waals surface area contributed by atoms with Crippen LogP contribution in [-0.4, -0.2) is 23.0 Å². The number of fused-ring (bicyclic) bond motifs is 1. The Hall–Kier alpha value is -1.03. The van der Waals surface area contributed by atoms with Gasteiger partial charge in [-0.15, -0.1) is 6.58 Å². The van der Waals surface area contributed by atoms with Crippen LogP contribution in [0.3, 0.4) is 0 Å². The van der Waals surface area contributed by atoms with Gasteiger partial charge in [-0.05, 0) is 23.8 Å². The number of nitrogens with zero attached hydrogens (tertiary/aromatic N) is 1. The number of aromatic nitrogens is 1. The minimum absolute atomic E-state index is 0.758. The van der Waals surface area contributed by atoms with Gasteiger partial charge in [0.05, 0.1) is 5.52 Å². The van der Waals surface area contributed by atoms with Crippen LogP contribution in [0.25, 0.3) is 10.9 Å². The van der Waals surface area contributed by atoms with E-state index < -0.39 is 0 Å². The van der Waals surface area contributed by atoms with Gasteiger partial charge in [-0.25, -0.2) is 0 Å². The van der Waals surface area contributed by atoms with Gasteiger partial charge in [0.25, 0.3) is 0 Å². The minimum Gasteiger partial charge on any atom is -0.312 e. The van der Waals surface area contributed by atoms with Gasteiger partial charge in [0, 0.05) is 41.2 Å². The van der Waals surface area contributed by atoms with Crippen molar-refractivity contribution >= 4 is 34.3 Å². The van der Waals surface area contributed by atoms with Crippen LogP contribution in [0.5, 0.6) is 0 Å². The highest BCUT2D eigenvalue weighted by molar-refractivity contribution is 7.99.